The number of unbranched alkanes of at least 4 members (excludes halogenated alkanes) is 1. The molecule has 24 heavy (non-hydrogen) atoms. The molecule has 1 saturated carbocycles. The van der Waals surface area contributed by atoms with E-state index < -0.39 is 0 Å². The molecule has 1 fully saturated rings. The molecular weight excluding hydrogens is 343 g/mol. The third-order valence-corrected chi connectivity index (χ3v) is 5.38. The molecule has 4 heteroatoms. The Balaban J connectivity index is 0.000000648. The first-order valence-corrected chi connectivity index (χ1v) is 9.85. The van der Waals surface area contributed by atoms with E-state index in [0.717, 1.165) is 41.3 Å². The van der Waals surface area contributed by atoms with Gasteiger partial charge in [0, 0.05) is 17.2 Å². The molecule has 0 radical (unpaired) electrons. The Morgan fingerprint density at radius 2 is 1.50 bits per heavy atom. The van der Waals surface area contributed by atoms with Crippen LogP contribution in [0.1, 0.15) is 69.4 Å². The van der Waals surface area contributed by atoms with Gasteiger partial charge in [0.1, 0.15) is 0 Å². The Bertz CT molecular complexity index is 444. The van der Waals surface area contributed by atoms with E-state index in [4.69, 9.17) is 32.7 Å². The minimum atomic E-state index is 0.373. The van der Waals surface area contributed by atoms with E-state index in [2.05, 4.69) is 26.0 Å². The third kappa shape index (κ3) is 7.31. The Hall–Kier alpha value is -0.280. The number of benzene rings is 1. The zero-order valence-electron chi connectivity index (χ0n) is 15.5. The standard InChI is InChI=1S/C16H22Cl2O2.C4H10/c1-11-15(17)9-13(10-16(11)18)12-3-5-14(6-4-12)20-8-7-19-2;1-3-4-2/h9-10,12,14H,3-8H2,1-2H3;3-4H2,1-2H3. The van der Waals surface area contributed by atoms with Gasteiger partial charge in [-0.3, -0.25) is 0 Å². The first-order valence-electron chi connectivity index (χ1n) is 9.09. The lowest BCUT2D eigenvalue weighted by molar-refractivity contribution is -0.00280. The summed E-state index contributed by atoms with van der Waals surface area (Å²) in [7, 11) is 1.70. The van der Waals surface area contributed by atoms with Crippen molar-refractivity contribution in [2.75, 3.05) is 20.3 Å². The number of halogens is 2. The molecule has 0 aromatic heterocycles. The highest BCUT2D eigenvalue weighted by Crippen LogP contribution is 2.37. The van der Waals surface area contributed by atoms with Crippen molar-refractivity contribution >= 4 is 23.2 Å². The maximum Gasteiger partial charge on any atom is 0.0704 e. The first kappa shape index (κ1) is 21.8. The molecule has 0 spiro atoms. The van der Waals surface area contributed by atoms with Crippen LogP contribution in [0.5, 0.6) is 0 Å². The number of rotatable bonds is 6. The second-order valence-corrected chi connectivity index (χ2v) is 7.26. The zero-order chi connectivity index (χ0) is 17.9. The van der Waals surface area contributed by atoms with Crippen LogP contribution in [0.3, 0.4) is 0 Å². The molecule has 0 N–H and O–H groups in total. The molecule has 0 saturated heterocycles. The Morgan fingerprint density at radius 3 is 1.96 bits per heavy atom. The van der Waals surface area contributed by atoms with Crippen molar-refractivity contribution in [1.29, 1.82) is 0 Å². The molecule has 0 aliphatic heterocycles. The zero-order valence-corrected chi connectivity index (χ0v) is 17.1. The molecule has 1 aliphatic carbocycles. The SMILES string of the molecule is CCCC.COCCOC1CCC(c2cc(Cl)c(C)c(Cl)c2)CC1. The lowest BCUT2D eigenvalue weighted by atomic mass is 9.82. The van der Waals surface area contributed by atoms with Gasteiger partial charge in [0.05, 0.1) is 19.3 Å². The van der Waals surface area contributed by atoms with Crippen LogP contribution in [0.4, 0.5) is 0 Å². The van der Waals surface area contributed by atoms with Crippen molar-refractivity contribution in [3.05, 3.63) is 33.3 Å². The Morgan fingerprint density at radius 1 is 0.958 bits per heavy atom. The van der Waals surface area contributed by atoms with Crippen LogP contribution in [0.15, 0.2) is 12.1 Å². The summed E-state index contributed by atoms with van der Waals surface area (Å²) in [6.07, 6.45) is 7.47. The van der Waals surface area contributed by atoms with Gasteiger partial charge in [-0.05, 0) is 61.8 Å². The van der Waals surface area contributed by atoms with Gasteiger partial charge in [-0.25, -0.2) is 0 Å². The summed E-state index contributed by atoms with van der Waals surface area (Å²) in [5.74, 6) is 0.549. The van der Waals surface area contributed by atoms with Crippen LogP contribution in [-0.2, 0) is 9.47 Å². The van der Waals surface area contributed by atoms with E-state index in [9.17, 15) is 0 Å². The van der Waals surface area contributed by atoms with Gasteiger partial charge in [0.15, 0.2) is 0 Å². The second-order valence-electron chi connectivity index (χ2n) is 6.45. The summed E-state index contributed by atoms with van der Waals surface area (Å²) >= 11 is 12.5. The predicted molar refractivity (Wildman–Crippen MR) is 105 cm³/mol. The lowest BCUT2D eigenvalue weighted by Crippen LogP contribution is -2.22. The monoisotopic (exact) mass is 374 g/mol. The van der Waals surface area contributed by atoms with Crippen molar-refractivity contribution in [3.63, 3.8) is 0 Å². The van der Waals surface area contributed by atoms with Crippen LogP contribution < -0.4 is 0 Å². The summed E-state index contributed by atoms with van der Waals surface area (Å²) in [5.41, 5.74) is 2.23. The van der Waals surface area contributed by atoms with Crippen LogP contribution in [0.2, 0.25) is 10.0 Å². The highest BCUT2D eigenvalue weighted by atomic mass is 35.5. The largest absolute Gasteiger partial charge is 0.382 e. The highest BCUT2D eigenvalue weighted by molar-refractivity contribution is 6.36. The van der Waals surface area contributed by atoms with Crippen molar-refractivity contribution in [2.24, 2.45) is 0 Å². The molecule has 1 aromatic rings. The Labute approximate surface area is 157 Å². The average Bonchev–Trinajstić information content (AvgIpc) is 2.60. The van der Waals surface area contributed by atoms with E-state index in [1.54, 1.807) is 7.11 Å². The van der Waals surface area contributed by atoms with Crippen molar-refractivity contribution in [3.8, 4) is 0 Å². The molecule has 0 bridgehead atoms. The van der Waals surface area contributed by atoms with E-state index in [1.165, 1.54) is 18.4 Å². The van der Waals surface area contributed by atoms with Gasteiger partial charge in [-0.1, -0.05) is 49.9 Å². The summed E-state index contributed by atoms with van der Waals surface area (Å²) < 4.78 is 10.8. The fraction of sp³-hybridized carbons (Fsp3) is 0.700. The molecule has 1 aromatic carbocycles. The highest BCUT2D eigenvalue weighted by Gasteiger charge is 2.23. The second kappa shape index (κ2) is 12.1. The van der Waals surface area contributed by atoms with Crippen molar-refractivity contribution in [2.45, 2.75) is 71.3 Å². The quantitative estimate of drug-likeness (QED) is 0.509. The van der Waals surface area contributed by atoms with Crippen LogP contribution in [0, 0.1) is 6.92 Å². The fourth-order valence-corrected chi connectivity index (χ4v) is 3.27. The van der Waals surface area contributed by atoms with Gasteiger partial charge in [0.2, 0.25) is 0 Å². The lowest BCUT2D eigenvalue weighted by Gasteiger charge is -2.29. The molecule has 0 amide bonds. The molecule has 0 atom stereocenters. The molecule has 2 nitrogen and oxygen atoms in total. The van der Waals surface area contributed by atoms with Gasteiger partial charge >= 0.3 is 0 Å². The van der Waals surface area contributed by atoms with Gasteiger partial charge < -0.3 is 9.47 Å². The van der Waals surface area contributed by atoms with Crippen molar-refractivity contribution < 1.29 is 9.47 Å². The molecule has 0 heterocycles. The minimum Gasteiger partial charge on any atom is -0.382 e. The molecule has 2 rings (SSSR count). The number of methoxy groups -OCH3 is 1. The van der Waals surface area contributed by atoms with E-state index in [1.807, 2.05) is 6.92 Å². The maximum absolute atomic E-state index is 6.23. The van der Waals surface area contributed by atoms with E-state index in [0.29, 0.717) is 25.2 Å². The Kier molecular flexibility index (Phi) is 11.0. The summed E-state index contributed by atoms with van der Waals surface area (Å²) in [6, 6.07) is 4.14. The topological polar surface area (TPSA) is 18.5 Å². The van der Waals surface area contributed by atoms with Crippen molar-refractivity contribution in [1.82, 2.24) is 0 Å². The molecular formula is C20H32Cl2O2. The normalized spacial score (nSPS) is 20.4. The van der Waals surface area contributed by atoms with Crippen LogP contribution in [-0.4, -0.2) is 26.4 Å². The molecule has 1 aliphatic rings. The van der Waals surface area contributed by atoms with E-state index in [-0.39, 0.29) is 0 Å². The molecule has 0 unspecified atom stereocenters. The third-order valence-electron chi connectivity index (χ3n) is 4.59. The fourth-order valence-electron chi connectivity index (χ4n) is 2.76. The van der Waals surface area contributed by atoms with Gasteiger partial charge in [-0.2, -0.15) is 0 Å². The minimum absolute atomic E-state index is 0.373. The summed E-state index contributed by atoms with van der Waals surface area (Å²) in [6.45, 7) is 7.67. The van der Waals surface area contributed by atoms with Crippen LogP contribution >= 0.6 is 23.2 Å². The maximum atomic E-state index is 6.23. The smallest absolute Gasteiger partial charge is 0.0704 e. The number of hydrogen-bond acceptors (Lipinski definition) is 2. The van der Waals surface area contributed by atoms with Crippen LogP contribution in [0.25, 0.3) is 0 Å². The summed E-state index contributed by atoms with van der Waals surface area (Å²) in [4.78, 5) is 0. The predicted octanol–water partition coefficient (Wildman–Crippen LogP) is 6.80. The number of ether oxygens (including phenoxy) is 2. The average molecular weight is 375 g/mol. The van der Waals surface area contributed by atoms with E-state index >= 15 is 0 Å². The molecule has 138 valence electrons. The first-order chi connectivity index (χ1) is 11.5. The summed E-state index contributed by atoms with van der Waals surface area (Å²) in [5, 5.41) is 1.54. The number of hydrogen-bond donors (Lipinski definition) is 0. The van der Waals surface area contributed by atoms with Gasteiger partial charge in [0.25, 0.3) is 0 Å². The van der Waals surface area contributed by atoms with Gasteiger partial charge in [-0.15, -0.1) is 0 Å².